The van der Waals surface area contributed by atoms with E-state index in [1.807, 2.05) is 4.90 Å². The van der Waals surface area contributed by atoms with Gasteiger partial charge >= 0.3 is 0 Å². The minimum absolute atomic E-state index is 0. The van der Waals surface area contributed by atoms with Gasteiger partial charge in [-0.15, -0.1) is 12.4 Å². The van der Waals surface area contributed by atoms with Crippen molar-refractivity contribution in [2.24, 2.45) is 11.8 Å². The van der Waals surface area contributed by atoms with E-state index in [2.05, 4.69) is 12.2 Å². The van der Waals surface area contributed by atoms with Crippen molar-refractivity contribution >= 4 is 18.3 Å². The summed E-state index contributed by atoms with van der Waals surface area (Å²) in [4.78, 5) is 14.1. The molecule has 100 valence electrons. The number of hydrogen-bond acceptors (Lipinski definition) is 2. The Balaban J connectivity index is 0.00000144. The number of amides is 1. The topological polar surface area (TPSA) is 32.3 Å². The van der Waals surface area contributed by atoms with E-state index < -0.39 is 0 Å². The number of carbonyl (C=O) groups excluding carboxylic acids is 1. The van der Waals surface area contributed by atoms with Crippen LogP contribution in [0.15, 0.2) is 0 Å². The minimum atomic E-state index is 0. The van der Waals surface area contributed by atoms with Crippen LogP contribution in [-0.4, -0.2) is 37.0 Å². The number of halogens is 1. The quantitative estimate of drug-likeness (QED) is 0.843. The van der Waals surface area contributed by atoms with Gasteiger partial charge in [0.15, 0.2) is 0 Å². The summed E-state index contributed by atoms with van der Waals surface area (Å²) in [6.45, 7) is 6.49. The second-order valence-electron chi connectivity index (χ2n) is 5.38. The Morgan fingerprint density at radius 3 is 2.65 bits per heavy atom. The van der Waals surface area contributed by atoms with Crippen molar-refractivity contribution < 1.29 is 4.79 Å². The van der Waals surface area contributed by atoms with E-state index in [0.29, 0.717) is 17.7 Å². The Bertz CT molecular complexity index is 236. The molecule has 3 nitrogen and oxygen atoms in total. The van der Waals surface area contributed by atoms with Crippen molar-refractivity contribution in [3.05, 3.63) is 0 Å². The number of nitrogens with zero attached hydrogens (tertiary/aromatic N) is 1. The fourth-order valence-corrected chi connectivity index (χ4v) is 2.90. The van der Waals surface area contributed by atoms with Crippen molar-refractivity contribution in [2.75, 3.05) is 26.2 Å². The van der Waals surface area contributed by atoms with E-state index in [4.69, 9.17) is 0 Å². The molecule has 4 heteroatoms. The highest BCUT2D eigenvalue weighted by molar-refractivity contribution is 5.85. The molecule has 2 aliphatic heterocycles. The van der Waals surface area contributed by atoms with Crippen LogP contribution in [0.4, 0.5) is 0 Å². The summed E-state index contributed by atoms with van der Waals surface area (Å²) in [5.74, 6) is 1.64. The van der Waals surface area contributed by atoms with Gasteiger partial charge in [-0.05, 0) is 50.6 Å². The lowest BCUT2D eigenvalue weighted by molar-refractivity contribution is -0.131. The maximum atomic E-state index is 12.0. The van der Waals surface area contributed by atoms with Crippen molar-refractivity contribution in [1.82, 2.24) is 10.2 Å². The molecule has 0 spiro atoms. The molecule has 0 aromatic rings. The standard InChI is InChI=1S/C13H24N2O.ClH/c1-11(12-5-4-6-14-10-12)9-13(16)15-7-2-3-8-15;/h11-12,14H,2-10H2,1H3;1H. The Labute approximate surface area is 111 Å². The average Bonchev–Trinajstić information content (AvgIpc) is 2.83. The number of piperidine rings is 1. The number of likely N-dealkylation sites (tertiary alicyclic amines) is 1. The van der Waals surface area contributed by atoms with Crippen LogP contribution in [0.5, 0.6) is 0 Å². The lowest BCUT2D eigenvalue weighted by atomic mass is 9.85. The number of nitrogens with one attached hydrogen (secondary N) is 1. The van der Waals surface area contributed by atoms with Gasteiger partial charge < -0.3 is 10.2 Å². The molecule has 1 amide bonds. The first-order valence-electron chi connectivity index (χ1n) is 6.76. The van der Waals surface area contributed by atoms with E-state index in [-0.39, 0.29) is 12.4 Å². The molecule has 0 saturated carbocycles. The van der Waals surface area contributed by atoms with Crippen LogP contribution in [0.3, 0.4) is 0 Å². The van der Waals surface area contributed by atoms with Crippen molar-refractivity contribution in [2.45, 2.75) is 39.0 Å². The van der Waals surface area contributed by atoms with Crippen LogP contribution in [0, 0.1) is 11.8 Å². The molecule has 2 atom stereocenters. The molecular weight excluding hydrogens is 236 g/mol. The van der Waals surface area contributed by atoms with Crippen molar-refractivity contribution in [3.8, 4) is 0 Å². The summed E-state index contributed by atoms with van der Waals surface area (Å²) in [5.41, 5.74) is 0. The highest BCUT2D eigenvalue weighted by Crippen LogP contribution is 2.23. The normalized spacial score (nSPS) is 26.4. The molecule has 1 N–H and O–H groups in total. The van der Waals surface area contributed by atoms with Crippen molar-refractivity contribution in [3.63, 3.8) is 0 Å². The first kappa shape index (κ1) is 14.8. The minimum Gasteiger partial charge on any atom is -0.343 e. The second-order valence-corrected chi connectivity index (χ2v) is 5.38. The molecule has 0 aliphatic carbocycles. The van der Waals surface area contributed by atoms with E-state index in [1.54, 1.807) is 0 Å². The van der Waals surface area contributed by atoms with Crippen LogP contribution >= 0.6 is 12.4 Å². The molecular formula is C13H25ClN2O. The summed E-state index contributed by atoms with van der Waals surface area (Å²) < 4.78 is 0. The van der Waals surface area contributed by atoms with Gasteiger partial charge in [-0.25, -0.2) is 0 Å². The average molecular weight is 261 g/mol. The van der Waals surface area contributed by atoms with Crippen molar-refractivity contribution in [1.29, 1.82) is 0 Å². The molecule has 0 radical (unpaired) electrons. The summed E-state index contributed by atoms with van der Waals surface area (Å²) in [7, 11) is 0. The predicted octanol–water partition coefficient (Wildman–Crippen LogP) is 2.06. The molecule has 2 saturated heterocycles. The van der Waals surface area contributed by atoms with E-state index in [9.17, 15) is 4.79 Å². The zero-order chi connectivity index (χ0) is 11.4. The monoisotopic (exact) mass is 260 g/mol. The summed E-state index contributed by atoms with van der Waals surface area (Å²) in [5, 5.41) is 3.43. The Morgan fingerprint density at radius 2 is 2.06 bits per heavy atom. The van der Waals surface area contributed by atoms with Gasteiger partial charge in [-0.3, -0.25) is 4.79 Å². The molecule has 2 fully saturated rings. The number of rotatable bonds is 3. The van der Waals surface area contributed by atoms with Gasteiger partial charge in [0.2, 0.25) is 5.91 Å². The molecule has 0 aromatic carbocycles. The van der Waals surface area contributed by atoms with Gasteiger partial charge in [0.05, 0.1) is 0 Å². The third-order valence-corrected chi connectivity index (χ3v) is 4.10. The largest absolute Gasteiger partial charge is 0.343 e. The second kappa shape index (κ2) is 7.22. The molecule has 0 bridgehead atoms. The van der Waals surface area contributed by atoms with E-state index >= 15 is 0 Å². The van der Waals surface area contributed by atoms with Crippen LogP contribution in [-0.2, 0) is 4.79 Å². The zero-order valence-corrected chi connectivity index (χ0v) is 11.6. The maximum absolute atomic E-state index is 12.0. The van der Waals surface area contributed by atoms with Crippen LogP contribution < -0.4 is 5.32 Å². The number of hydrogen-bond donors (Lipinski definition) is 1. The van der Waals surface area contributed by atoms with Gasteiger partial charge in [0.1, 0.15) is 0 Å². The Kier molecular flexibility index (Phi) is 6.28. The van der Waals surface area contributed by atoms with Crippen LogP contribution in [0.1, 0.15) is 39.0 Å². The smallest absolute Gasteiger partial charge is 0.222 e. The molecule has 2 aliphatic rings. The molecule has 2 rings (SSSR count). The van der Waals surface area contributed by atoms with Gasteiger partial charge in [-0.1, -0.05) is 6.92 Å². The Morgan fingerprint density at radius 1 is 1.35 bits per heavy atom. The van der Waals surface area contributed by atoms with Gasteiger partial charge in [0, 0.05) is 19.5 Å². The summed E-state index contributed by atoms with van der Waals surface area (Å²) in [6.07, 6.45) is 5.72. The van der Waals surface area contributed by atoms with Gasteiger partial charge in [0.25, 0.3) is 0 Å². The zero-order valence-electron chi connectivity index (χ0n) is 10.8. The summed E-state index contributed by atoms with van der Waals surface area (Å²) >= 11 is 0. The van der Waals surface area contributed by atoms with E-state index in [1.165, 1.54) is 25.7 Å². The Hall–Kier alpha value is -0.280. The first-order chi connectivity index (χ1) is 7.77. The fourth-order valence-electron chi connectivity index (χ4n) is 2.90. The highest BCUT2D eigenvalue weighted by Gasteiger charge is 2.25. The molecule has 2 heterocycles. The fraction of sp³-hybridized carbons (Fsp3) is 0.923. The first-order valence-corrected chi connectivity index (χ1v) is 6.76. The lowest BCUT2D eigenvalue weighted by Gasteiger charge is -2.29. The lowest BCUT2D eigenvalue weighted by Crippen LogP contribution is -2.36. The third kappa shape index (κ3) is 4.14. The number of carbonyl (C=O) groups is 1. The molecule has 17 heavy (non-hydrogen) atoms. The molecule has 2 unspecified atom stereocenters. The van der Waals surface area contributed by atoms with Crippen LogP contribution in [0.25, 0.3) is 0 Å². The van der Waals surface area contributed by atoms with E-state index in [0.717, 1.165) is 32.6 Å². The van der Waals surface area contributed by atoms with Crippen LogP contribution in [0.2, 0.25) is 0 Å². The highest BCUT2D eigenvalue weighted by atomic mass is 35.5. The maximum Gasteiger partial charge on any atom is 0.222 e. The third-order valence-electron chi connectivity index (χ3n) is 4.10. The predicted molar refractivity (Wildman–Crippen MR) is 72.4 cm³/mol. The summed E-state index contributed by atoms with van der Waals surface area (Å²) in [6, 6.07) is 0. The SMILES string of the molecule is CC(CC(=O)N1CCCC1)C1CCCNC1.Cl. The molecule has 0 aromatic heterocycles. The van der Waals surface area contributed by atoms with Gasteiger partial charge in [-0.2, -0.15) is 0 Å².